The summed E-state index contributed by atoms with van der Waals surface area (Å²) in [5, 5.41) is 1.73. The highest BCUT2D eigenvalue weighted by Crippen LogP contribution is 2.28. The Bertz CT molecular complexity index is 482. The number of nitrogens with zero attached hydrogens (tertiary/aromatic N) is 1. The zero-order valence-corrected chi connectivity index (χ0v) is 8.80. The van der Waals surface area contributed by atoms with E-state index in [0.29, 0.717) is 0 Å². The van der Waals surface area contributed by atoms with Gasteiger partial charge in [-0.3, -0.25) is 4.98 Å². The number of methoxy groups -OCH3 is 1. The molecule has 1 aromatic carbocycles. The molecule has 14 heavy (non-hydrogen) atoms. The van der Waals surface area contributed by atoms with Gasteiger partial charge in [0.2, 0.25) is 0 Å². The Morgan fingerprint density at radius 1 is 1.36 bits per heavy atom. The highest BCUT2D eigenvalue weighted by molar-refractivity contribution is 6.35. The van der Waals surface area contributed by atoms with Crippen molar-refractivity contribution in [2.45, 2.75) is 6.92 Å². The molecule has 2 aromatic rings. The summed E-state index contributed by atoms with van der Waals surface area (Å²) in [6.45, 7) is 2.00. The van der Waals surface area contributed by atoms with E-state index in [1.165, 1.54) is 0 Å². The largest absolute Gasteiger partial charge is 0.497 e. The summed E-state index contributed by atoms with van der Waals surface area (Å²) in [7, 11) is 1.64. The zero-order chi connectivity index (χ0) is 10.1. The molecule has 0 aliphatic rings. The highest BCUT2D eigenvalue weighted by atomic mass is 35.5. The first-order chi connectivity index (χ1) is 6.72. The molecule has 1 heterocycles. The molecule has 0 aliphatic heterocycles. The summed E-state index contributed by atoms with van der Waals surface area (Å²) in [6, 6.07) is 5.63. The van der Waals surface area contributed by atoms with E-state index in [1.807, 2.05) is 19.1 Å². The second-order valence-corrected chi connectivity index (χ2v) is 3.54. The molecular weight excluding hydrogens is 198 g/mol. The fourth-order valence-corrected chi connectivity index (χ4v) is 1.84. The van der Waals surface area contributed by atoms with Gasteiger partial charge >= 0.3 is 0 Å². The van der Waals surface area contributed by atoms with Gasteiger partial charge in [0, 0.05) is 17.6 Å². The van der Waals surface area contributed by atoms with Crippen LogP contribution in [0.15, 0.2) is 24.4 Å². The molecule has 3 heteroatoms. The van der Waals surface area contributed by atoms with Crippen molar-refractivity contribution in [3.63, 3.8) is 0 Å². The van der Waals surface area contributed by atoms with Crippen LogP contribution in [0.2, 0.25) is 5.02 Å². The van der Waals surface area contributed by atoms with Gasteiger partial charge in [0.05, 0.1) is 17.6 Å². The predicted octanol–water partition coefficient (Wildman–Crippen LogP) is 3.21. The molecule has 2 nitrogen and oxygen atoms in total. The number of hydrogen-bond acceptors (Lipinski definition) is 2. The lowest BCUT2D eigenvalue weighted by Crippen LogP contribution is -1.88. The molecule has 0 fully saturated rings. The first kappa shape index (κ1) is 9.28. The number of rotatable bonds is 1. The summed E-state index contributed by atoms with van der Waals surface area (Å²) in [5.41, 5.74) is 1.95. The third kappa shape index (κ3) is 1.42. The molecule has 1 aromatic heterocycles. The van der Waals surface area contributed by atoms with E-state index in [9.17, 15) is 0 Å². The van der Waals surface area contributed by atoms with Crippen LogP contribution < -0.4 is 4.74 Å². The van der Waals surface area contributed by atoms with Gasteiger partial charge in [0.15, 0.2) is 0 Å². The fraction of sp³-hybridized carbons (Fsp3) is 0.182. The van der Waals surface area contributed by atoms with E-state index in [-0.39, 0.29) is 0 Å². The van der Waals surface area contributed by atoms with Crippen LogP contribution in [0.25, 0.3) is 10.9 Å². The molecule has 0 saturated heterocycles. The second kappa shape index (κ2) is 3.46. The molecule has 72 valence electrons. The molecule has 0 radical (unpaired) electrons. The average Bonchev–Trinajstić information content (AvgIpc) is 2.17. The van der Waals surface area contributed by atoms with Crippen LogP contribution in [0.1, 0.15) is 5.56 Å². The maximum absolute atomic E-state index is 6.08. The average molecular weight is 208 g/mol. The van der Waals surface area contributed by atoms with Crippen molar-refractivity contribution in [1.82, 2.24) is 4.98 Å². The Kier molecular flexibility index (Phi) is 2.30. The van der Waals surface area contributed by atoms with Crippen LogP contribution >= 0.6 is 11.6 Å². The number of aromatic nitrogens is 1. The third-order valence-electron chi connectivity index (χ3n) is 2.20. The third-order valence-corrected chi connectivity index (χ3v) is 2.51. The van der Waals surface area contributed by atoms with Gasteiger partial charge in [-0.05, 0) is 24.6 Å². The zero-order valence-electron chi connectivity index (χ0n) is 8.04. The molecule has 2 rings (SSSR count). The SMILES string of the molecule is COc1cc(C)c2c(Cl)ccnc2c1. The van der Waals surface area contributed by atoms with E-state index in [0.717, 1.165) is 27.2 Å². The van der Waals surface area contributed by atoms with E-state index in [1.54, 1.807) is 19.4 Å². The van der Waals surface area contributed by atoms with Crippen molar-refractivity contribution in [2.75, 3.05) is 7.11 Å². The smallest absolute Gasteiger partial charge is 0.121 e. The molecular formula is C11H10ClNO. The predicted molar refractivity (Wildman–Crippen MR) is 58.0 cm³/mol. The normalized spacial score (nSPS) is 10.5. The van der Waals surface area contributed by atoms with Crippen molar-refractivity contribution < 1.29 is 4.74 Å². The number of pyridine rings is 1. The molecule has 0 unspecified atom stereocenters. The van der Waals surface area contributed by atoms with Crippen LogP contribution in [0.3, 0.4) is 0 Å². The summed E-state index contributed by atoms with van der Waals surface area (Å²) < 4.78 is 5.16. The number of benzene rings is 1. The van der Waals surface area contributed by atoms with Crippen LogP contribution in [0.5, 0.6) is 5.75 Å². The van der Waals surface area contributed by atoms with E-state index < -0.39 is 0 Å². The van der Waals surface area contributed by atoms with Gasteiger partial charge in [-0.2, -0.15) is 0 Å². The van der Waals surface area contributed by atoms with Crippen LogP contribution in [-0.2, 0) is 0 Å². The lowest BCUT2D eigenvalue weighted by atomic mass is 10.1. The monoisotopic (exact) mass is 207 g/mol. The molecule has 0 atom stereocenters. The summed E-state index contributed by atoms with van der Waals surface area (Å²) in [4.78, 5) is 4.25. The van der Waals surface area contributed by atoms with Crippen molar-refractivity contribution in [3.05, 3.63) is 35.0 Å². The van der Waals surface area contributed by atoms with Gasteiger partial charge in [-0.15, -0.1) is 0 Å². The first-order valence-corrected chi connectivity index (χ1v) is 4.69. The van der Waals surface area contributed by atoms with Crippen LogP contribution in [-0.4, -0.2) is 12.1 Å². The minimum absolute atomic E-state index is 0.732. The first-order valence-electron chi connectivity index (χ1n) is 4.31. The molecule has 0 amide bonds. The molecule has 0 aliphatic carbocycles. The van der Waals surface area contributed by atoms with E-state index >= 15 is 0 Å². The van der Waals surface area contributed by atoms with Crippen LogP contribution in [0.4, 0.5) is 0 Å². The minimum Gasteiger partial charge on any atom is -0.497 e. The summed E-state index contributed by atoms with van der Waals surface area (Å²) in [6.07, 6.45) is 1.70. The maximum Gasteiger partial charge on any atom is 0.121 e. The molecule has 0 saturated carbocycles. The van der Waals surface area contributed by atoms with E-state index in [2.05, 4.69) is 4.98 Å². The number of ether oxygens (including phenoxy) is 1. The number of halogens is 1. The van der Waals surface area contributed by atoms with Gasteiger partial charge in [0.25, 0.3) is 0 Å². The molecule has 0 bridgehead atoms. The van der Waals surface area contributed by atoms with Crippen LogP contribution in [0, 0.1) is 6.92 Å². The van der Waals surface area contributed by atoms with E-state index in [4.69, 9.17) is 16.3 Å². The van der Waals surface area contributed by atoms with Crippen molar-refractivity contribution in [1.29, 1.82) is 0 Å². The lowest BCUT2D eigenvalue weighted by Gasteiger charge is -2.06. The minimum atomic E-state index is 0.732. The standard InChI is InChI=1S/C11H10ClNO/c1-7-5-8(14-2)6-10-11(7)9(12)3-4-13-10/h3-6H,1-2H3. The summed E-state index contributed by atoms with van der Waals surface area (Å²) >= 11 is 6.08. The van der Waals surface area contributed by atoms with Crippen molar-refractivity contribution in [3.8, 4) is 5.75 Å². The van der Waals surface area contributed by atoms with Crippen molar-refractivity contribution in [2.24, 2.45) is 0 Å². The van der Waals surface area contributed by atoms with Gasteiger partial charge in [-0.25, -0.2) is 0 Å². The number of fused-ring (bicyclic) bond motifs is 1. The summed E-state index contributed by atoms with van der Waals surface area (Å²) in [5.74, 6) is 0.810. The Morgan fingerprint density at radius 3 is 2.86 bits per heavy atom. The Balaban J connectivity index is 2.83. The van der Waals surface area contributed by atoms with Gasteiger partial charge in [0.1, 0.15) is 5.75 Å². The number of hydrogen-bond donors (Lipinski definition) is 0. The van der Waals surface area contributed by atoms with Gasteiger partial charge < -0.3 is 4.74 Å². The molecule has 0 spiro atoms. The fourth-order valence-electron chi connectivity index (χ4n) is 1.53. The Hall–Kier alpha value is -1.28. The Labute approximate surface area is 87.5 Å². The second-order valence-electron chi connectivity index (χ2n) is 3.13. The quantitative estimate of drug-likeness (QED) is 0.717. The van der Waals surface area contributed by atoms with Crippen molar-refractivity contribution >= 4 is 22.5 Å². The lowest BCUT2D eigenvalue weighted by molar-refractivity contribution is 0.415. The Morgan fingerprint density at radius 2 is 2.14 bits per heavy atom. The number of aryl methyl sites for hydroxylation is 1. The van der Waals surface area contributed by atoms with Gasteiger partial charge in [-0.1, -0.05) is 11.6 Å². The topological polar surface area (TPSA) is 22.1 Å². The maximum atomic E-state index is 6.08. The molecule has 0 N–H and O–H groups in total. The highest BCUT2D eigenvalue weighted by Gasteiger charge is 2.05.